The second-order valence-electron chi connectivity index (χ2n) is 8.45. The van der Waals surface area contributed by atoms with Crippen LogP contribution in [-0.2, 0) is 19.1 Å². The van der Waals surface area contributed by atoms with E-state index in [0.29, 0.717) is 5.56 Å². The van der Waals surface area contributed by atoms with Crippen molar-refractivity contribution < 1.29 is 70.1 Å². The number of aliphatic hydroxyl groups excluding tert-OH is 7. The predicted molar refractivity (Wildman–Crippen MR) is 117 cm³/mol. The molecule has 0 saturated heterocycles. The number of benzene rings is 1. The van der Waals surface area contributed by atoms with Gasteiger partial charge in [0, 0.05) is 18.9 Å². The Morgan fingerprint density at radius 2 is 1.67 bits per heavy atom. The van der Waals surface area contributed by atoms with Gasteiger partial charge in [0.25, 0.3) is 0 Å². The van der Waals surface area contributed by atoms with Crippen molar-refractivity contribution in [3.8, 4) is 11.5 Å². The van der Waals surface area contributed by atoms with Crippen molar-refractivity contribution in [2.75, 3.05) is 13.2 Å². The van der Waals surface area contributed by atoms with Crippen LogP contribution in [0, 0.1) is 0 Å². The van der Waals surface area contributed by atoms with Crippen LogP contribution in [0.5, 0.6) is 11.5 Å². The molecule has 1 saturated carbocycles. The number of carbonyl (C=O) groups excluding carboxylic acids is 2. The van der Waals surface area contributed by atoms with E-state index in [2.05, 4.69) is 0 Å². The lowest BCUT2D eigenvalue weighted by Crippen LogP contribution is -2.58. The second kappa shape index (κ2) is 12.4. The topological polar surface area (TPSA) is 255 Å². The normalized spacial score (nSPS) is 27.7. The van der Waals surface area contributed by atoms with Crippen LogP contribution in [0.25, 0.3) is 6.08 Å². The molecule has 14 nitrogen and oxygen atoms in total. The molecule has 2 rings (SSSR count). The Hall–Kier alpha value is -2.82. The molecular formula is C22H30O14. The van der Waals surface area contributed by atoms with E-state index in [1.165, 1.54) is 18.2 Å². The number of rotatable bonds is 10. The van der Waals surface area contributed by atoms with Crippen molar-refractivity contribution in [1.29, 1.82) is 0 Å². The Labute approximate surface area is 204 Å². The molecule has 0 spiro atoms. The fourth-order valence-corrected chi connectivity index (χ4v) is 3.48. The maximum atomic E-state index is 12.5. The van der Waals surface area contributed by atoms with Crippen molar-refractivity contribution in [3.63, 3.8) is 0 Å². The molecule has 1 aromatic carbocycles. The highest BCUT2D eigenvalue weighted by Gasteiger charge is 2.51. The van der Waals surface area contributed by atoms with Crippen LogP contribution in [0.3, 0.4) is 0 Å². The quantitative estimate of drug-likeness (QED) is 0.0811. The molecule has 1 fully saturated rings. The van der Waals surface area contributed by atoms with Gasteiger partial charge in [-0.15, -0.1) is 0 Å². The first-order valence-corrected chi connectivity index (χ1v) is 10.8. The molecule has 0 amide bonds. The molecule has 0 aliphatic heterocycles. The number of hydrogen-bond donors (Lipinski definition) is 10. The van der Waals surface area contributed by atoms with Gasteiger partial charge in [0.2, 0.25) is 0 Å². The average Bonchev–Trinajstić information content (AvgIpc) is 2.84. The number of aromatic hydroxyl groups is 2. The number of ether oxygens (including phenoxy) is 2. The van der Waals surface area contributed by atoms with Gasteiger partial charge in [-0.05, 0) is 23.8 Å². The van der Waals surface area contributed by atoms with Crippen LogP contribution < -0.4 is 0 Å². The first-order chi connectivity index (χ1) is 16.8. The summed E-state index contributed by atoms with van der Waals surface area (Å²) in [5, 5.41) is 97.0. The summed E-state index contributed by atoms with van der Waals surface area (Å²) in [7, 11) is 0. The largest absolute Gasteiger partial charge is 0.504 e. The maximum Gasteiger partial charge on any atom is 0.338 e. The molecule has 8 atom stereocenters. The average molecular weight is 518 g/mol. The first-order valence-electron chi connectivity index (χ1n) is 10.8. The van der Waals surface area contributed by atoms with E-state index < -0.39 is 92.1 Å². The molecular weight excluding hydrogens is 488 g/mol. The lowest BCUT2D eigenvalue weighted by Gasteiger charge is -2.40. The van der Waals surface area contributed by atoms with Crippen molar-refractivity contribution in [2.24, 2.45) is 0 Å². The van der Waals surface area contributed by atoms with Crippen molar-refractivity contribution in [3.05, 3.63) is 29.8 Å². The van der Waals surface area contributed by atoms with E-state index in [9.17, 15) is 55.5 Å². The summed E-state index contributed by atoms with van der Waals surface area (Å²) in [4.78, 5) is 24.6. The maximum absolute atomic E-state index is 12.5. The highest BCUT2D eigenvalue weighted by Crippen LogP contribution is 2.32. The van der Waals surface area contributed by atoms with Gasteiger partial charge in [-0.3, -0.25) is 0 Å². The van der Waals surface area contributed by atoms with E-state index in [0.717, 1.165) is 12.1 Å². The van der Waals surface area contributed by atoms with Crippen molar-refractivity contribution in [2.45, 2.75) is 61.2 Å². The van der Waals surface area contributed by atoms with E-state index in [1.807, 2.05) is 0 Å². The first kappa shape index (κ1) is 29.4. The molecule has 1 aromatic rings. The van der Waals surface area contributed by atoms with Crippen LogP contribution in [0.2, 0.25) is 0 Å². The third kappa shape index (κ3) is 7.35. The molecule has 36 heavy (non-hydrogen) atoms. The number of esters is 2. The van der Waals surface area contributed by atoms with E-state index in [-0.39, 0.29) is 5.75 Å². The summed E-state index contributed by atoms with van der Waals surface area (Å²) in [5.41, 5.74) is -2.16. The molecule has 1 aliphatic rings. The minimum Gasteiger partial charge on any atom is -0.504 e. The highest BCUT2D eigenvalue weighted by atomic mass is 16.6. The summed E-state index contributed by atoms with van der Waals surface area (Å²) >= 11 is 0. The fourth-order valence-electron chi connectivity index (χ4n) is 3.48. The Morgan fingerprint density at radius 3 is 2.28 bits per heavy atom. The van der Waals surface area contributed by atoms with Gasteiger partial charge in [-0.2, -0.15) is 0 Å². The van der Waals surface area contributed by atoms with Crippen LogP contribution in [0.1, 0.15) is 18.4 Å². The summed E-state index contributed by atoms with van der Waals surface area (Å²) in [6, 6.07) is 3.71. The van der Waals surface area contributed by atoms with Gasteiger partial charge in [0.1, 0.15) is 43.2 Å². The number of phenolic OH excluding ortho intramolecular Hbond substituents is 2. The van der Waals surface area contributed by atoms with Crippen molar-refractivity contribution >= 4 is 18.0 Å². The van der Waals surface area contributed by atoms with E-state index >= 15 is 0 Å². The van der Waals surface area contributed by atoms with Gasteiger partial charge in [0.05, 0.1) is 12.7 Å². The third-order valence-electron chi connectivity index (χ3n) is 5.63. The van der Waals surface area contributed by atoms with Crippen LogP contribution in [-0.4, -0.2) is 125 Å². The van der Waals surface area contributed by atoms with Gasteiger partial charge < -0.3 is 60.5 Å². The monoisotopic (exact) mass is 518 g/mol. The minimum absolute atomic E-state index is 0.309. The van der Waals surface area contributed by atoms with Crippen LogP contribution >= 0.6 is 0 Å². The Balaban J connectivity index is 2.00. The predicted octanol–water partition coefficient (Wildman–Crippen LogP) is -3.75. The summed E-state index contributed by atoms with van der Waals surface area (Å²) in [5.74, 6) is -3.24. The standard InChI is InChI=1S/C22H30O14/c23-8-14(27)19(31)20(32)15(28)9-35-21(33)22(34)6-13(26)18(30)16(7-22)36-17(29)4-2-10-1-3-11(24)12(25)5-10/h1-5,13-16,18-20,23-28,30-32,34H,6-9H2/b4-2+/t13-,14?,15?,16-,18-,19?,20?,22+/m1/s1. The number of aliphatic hydroxyl groups is 8. The molecule has 4 unspecified atom stereocenters. The number of carbonyl (C=O) groups is 2. The van der Waals surface area contributed by atoms with E-state index in [1.54, 1.807) is 0 Å². The molecule has 0 radical (unpaired) electrons. The SMILES string of the molecule is O=C(/C=C/c1ccc(O)c(O)c1)O[C@@H]1C[C@](O)(C(=O)OCC(O)C(O)C(O)C(O)CO)C[C@@H](O)[C@H]1O. The van der Waals surface area contributed by atoms with Crippen molar-refractivity contribution in [1.82, 2.24) is 0 Å². The zero-order valence-corrected chi connectivity index (χ0v) is 18.9. The molecule has 14 heteroatoms. The van der Waals surface area contributed by atoms with Crippen LogP contribution in [0.4, 0.5) is 0 Å². The molecule has 1 aliphatic carbocycles. The lowest BCUT2D eigenvalue weighted by molar-refractivity contribution is -0.203. The number of hydrogen-bond acceptors (Lipinski definition) is 14. The van der Waals surface area contributed by atoms with Gasteiger partial charge in [0.15, 0.2) is 17.1 Å². The Morgan fingerprint density at radius 1 is 1.03 bits per heavy atom. The van der Waals surface area contributed by atoms with Gasteiger partial charge in [-0.25, -0.2) is 9.59 Å². The zero-order chi connectivity index (χ0) is 27.2. The molecule has 0 heterocycles. The highest BCUT2D eigenvalue weighted by molar-refractivity contribution is 5.87. The minimum atomic E-state index is -2.47. The zero-order valence-electron chi connectivity index (χ0n) is 18.9. The smallest absolute Gasteiger partial charge is 0.338 e. The summed E-state index contributed by atoms with van der Waals surface area (Å²) in [6.07, 6.45) is -12.0. The Kier molecular flexibility index (Phi) is 10.2. The Bertz CT molecular complexity index is 935. The van der Waals surface area contributed by atoms with Gasteiger partial charge in [-0.1, -0.05) is 6.07 Å². The van der Waals surface area contributed by atoms with Gasteiger partial charge >= 0.3 is 11.9 Å². The lowest BCUT2D eigenvalue weighted by atomic mass is 9.79. The van der Waals surface area contributed by atoms with Crippen LogP contribution in [0.15, 0.2) is 24.3 Å². The third-order valence-corrected chi connectivity index (χ3v) is 5.63. The molecule has 0 bridgehead atoms. The second-order valence-corrected chi connectivity index (χ2v) is 8.45. The fraction of sp³-hybridized carbons (Fsp3) is 0.545. The molecule has 0 aromatic heterocycles. The number of phenols is 2. The molecule has 10 N–H and O–H groups in total. The van der Waals surface area contributed by atoms with E-state index in [4.69, 9.17) is 14.6 Å². The summed E-state index contributed by atoms with van der Waals surface area (Å²) in [6.45, 7) is -1.87. The summed E-state index contributed by atoms with van der Waals surface area (Å²) < 4.78 is 9.79. The molecule has 202 valence electrons.